The summed E-state index contributed by atoms with van der Waals surface area (Å²) in [6.07, 6.45) is 1.56. The third-order valence-corrected chi connectivity index (χ3v) is 2.61. The fourth-order valence-corrected chi connectivity index (χ4v) is 1.79. The van der Waals surface area contributed by atoms with Gasteiger partial charge in [-0.1, -0.05) is 11.6 Å². The Labute approximate surface area is 116 Å². The maximum absolute atomic E-state index is 12.0. The Kier molecular flexibility index (Phi) is 4.41. The highest BCUT2D eigenvalue weighted by Crippen LogP contribution is 2.14. The molecule has 0 aliphatic carbocycles. The van der Waals surface area contributed by atoms with E-state index in [9.17, 15) is 4.79 Å². The van der Waals surface area contributed by atoms with Gasteiger partial charge in [-0.15, -0.1) is 0 Å². The molecule has 2 N–H and O–H groups in total. The van der Waals surface area contributed by atoms with Crippen molar-refractivity contribution in [3.05, 3.63) is 47.0 Å². The Bertz CT molecular complexity index is 555. The van der Waals surface area contributed by atoms with Crippen LogP contribution in [-0.2, 0) is 6.54 Å². The van der Waals surface area contributed by atoms with Gasteiger partial charge < -0.3 is 15.1 Å². The molecule has 0 spiro atoms. The second kappa shape index (κ2) is 6.24. The molecule has 100 valence electrons. The molecule has 0 aliphatic heterocycles. The van der Waals surface area contributed by atoms with Crippen molar-refractivity contribution in [2.45, 2.75) is 13.5 Å². The summed E-state index contributed by atoms with van der Waals surface area (Å²) in [5.74, 6) is 1.05. The zero-order valence-corrected chi connectivity index (χ0v) is 11.2. The van der Waals surface area contributed by atoms with Crippen LogP contribution in [0.2, 0.25) is 5.15 Å². The summed E-state index contributed by atoms with van der Waals surface area (Å²) in [6, 6.07) is 6.75. The number of carbonyl (C=O) groups is 1. The van der Waals surface area contributed by atoms with E-state index < -0.39 is 0 Å². The molecule has 0 bridgehead atoms. The lowest BCUT2D eigenvalue weighted by Crippen LogP contribution is -2.22. The lowest BCUT2D eigenvalue weighted by molar-refractivity contribution is 0.0948. The summed E-state index contributed by atoms with van der Waals surface area (Å²) in [5.41, 5.74) is 0.461. The molecule has 2 heterocycles. The molecule has 0 radical (unpaired) electrons. The number of pyridine rings is 1. The number of rotatable bonds is 5. The number of carbonyl (C=O) groups excluding carboxylic acids is 1. The second-order valence-corrected chi connectivity index (χ2v) is 4.24. The fraction of sp³-hybridized carbons (Fsp3) is 0.231. The Morgan fingerprint density at radius 1 is 1.47 bits per heavy atom. The van der Waals surface area contributed by atoms with Crippen molar-refractivity contribution in [3.8, 4) is 0 Å². The third-order valence-electron chi connectivity index (χ3n) is 2.42. The van der Waals surface area contributed by atoms with Gasteiger partial charge in [0.1, 0.15) is 16.7 Å². The first kappa shape index (κ1) is 13.4. The Morgan fingerprint density at radius 3 is 3.00 bits per heavy atom. The third kappa shape index (κ3) is 3.72. The van der Waals surface area contributed by atoms with Gasteiger partial charge in [0, 0.05) is 12.1 Å². The average Bonchev–Trinajstić information content (AvgIpc) is 2.88. The molecule has 2 aromatic heterocycles. The number of anilines is 1. The Hall–Kier alpha value is -2.01. The molecule has 2 rings (SSSR count). The molecule has 5 nitrogen and oxygen atoms in total. The molecule has 0 aliphatic rings. The van der Waals surface area contributed by atoms with E-state index >= 15 is 0 Å². The summed E-state index contributed by atoms with van der Waals surface area (Å²) in [5, 5.41) is 6.05. The molecule has 2 aromatic rings. The predicted molar refractivity (Wildman–Crippen MR) is 73.3 cm³/mol. The Morgan fingerprint density at radius 2 is 2.32 bits per heavy atom. The van der Waals surface area contributed by atoms with Crippen LogP contribution in [0.25, 0.3) is 0 Å². The second-order valence-electron chi connectivity index (χ2n) is 3.86. The molecule has 0 saturated carbocycles. The van der Waals surface area contributed by atoms with Crippen molar-refractivity contribution in [2.75, 3.05) is 11.9 Å². The van der Waals surface area contributed by atoms with E-state index in [1.165, 1.54) is 6.07 Å². The van der Waals surface area contributed by atoms with Crippen LogP contribution in [0.5, 0.6) is 0 Å². The normalized spacial score (nSPS) is 10.2. The van der Waals surface area contributed by atoms with Crippen LogP contribution in [0.15, 0.2) is 34.9 Å². The molecule has 0 unspecified atom stereocenters. The van der Waals surface area contributed by atoms with E-state index in [1.807, 2.05) is 6.92 Å². The van der Waals surface area contributed by atoms with Gasteiger partial charge in [0.2, 0.25) is 0 Å². The molecular formula is C13H14ClN3O2. The highest BCUT2D eigenvalue weighted by atomic mass is 35.5. The molecule has 6 heteroatoms. The van der Waals surface area contributed by atoms with Crippen molar-refractivity contribution in [3.63, 3.8) is 0 Å². The van der Waals surface area contributed by atoms with Gasteiger partial charge in [-0.25, -0.2) is 4.98 Å². The van der Waals surface area contributed by atoms with E-state index in [-0.39, 0.29) is 11.1 Å². The minimum Gasteiger partial charge on any atom is -0.467 e. The Balaban J connectivity index is 2.05. The van der Waals surface area contributed by atoms with Gasteiger partial charge in [-0.2, -0.15) is 0 Å². The van der Waals surface area contributed by atoms with E-state index in [2.05, 4.69) is 15.6 Å². The molecule has 19 heavy (non-hydrogen) atoms. The largest absolute Gasteiger partial charge is 0.467 e. The SMILES string of the molecule is CCNc1cc(C(=O)NCc2ccco2)cc(Cl)n1. The van der Waals surface area contributed by atoms with Gasteiger partial charge in [-0.05, 0) is 31.2 Å². The van der Waals surface area contributed by atoms with Gasteiger partial charge in [0.05, 0.1) is 12.8 Å². The van der Waals surface area contributed by atoms with Crippen LogP contribution in [0.3, 0.4) is 0 Å². The van der Waals surface area contributed by atoms with Crippen molar-refractivity contribution in [2.24, 2.45) is 0 Å². The quantitative estimate of drug-likeness (QED) is 0.826. The minimum atomic E-state index is -0.222. The summed E-state index contributed by atoms with van der Waals surface area (Å²) in [7, 11) is 0. The smallest absolute Gasteiger partial charge is 0.251 e. The molecule has 0 aromatic carbocycles. The number of furan rings is 1. The van der Waals surface area contributed by atoms with Crippen LogP contribution >= 0.6 is 11.6 Å². The molecular weight excluding hydrogens is 266 g/mol. The van der Waals surface area contributed by atoms with Gasteiger partial charge in [0.25, 0.3) is 5.91 Å². The first-order chi connectivity index (χ1) is 9.19. The number of hydrogen-bond donors (Lipinski definition) is 2. The van der Waals surface area contributed by atoms with E-state index in [4.69, 9.17) is 16.0 Å². The van der Waals surface area contributed by atoms with E-state index in [1.54, 1.807) is 24.5 Å². The minimum absolute atomic E-state index is 0.222. The van der Waals surface area contributed by atoms with Gasteiger partial charge >= 0.3 is 0 Å². The first-order valence-electron chi connectivity index (χ1n) is 5.91. The monoisotopic (exact) mass is 279 g/mol. The van der Waals surface area contributed by atoms with Crippen molar-refractivity contribution < 1.29 is 9.21 Å². The summed E-state index contributed by atoms with van der Waals surface area (Å²) >= 11 is 5.88. The van der Waals surface area contributed by atoms with Crippen molar-refractivity contribution in [1.82, 2.24) is 10.3 Å². The van der Waals surface area contributed by atoms with Crippen molar-refractivity contribution in [1.29, 1.82) is 0 Å². The standard InChI is InChI=1S/C13H14ClN3O2/c1-2-15-12-7-9(6-11(14)17-12)13(18)16-8-10-4-3-5-19-10/h3-7H,2,8H2,1H3,(H,15,17)(H,16,18). The van der Waals surface area contributed by atoms with Gasteiger partial charge in [0.15, 0.2) is 0 Å². The summed E-state index contributed by atoms with van der Waals surface area (Å²) < 4.78 is 5.14. The fourth-order valence-electron chi connectivity index (χ4n) is 1.58. The molecule has 0 fully saturated rings. The van der Waals surface area contributed by atoms with Crippen LogP contribution in [0.1, 0.15) is 23.0 Å². The maximum Gasteiger partial charge on any atom is 0.251 e. The number of aromatic nitrogens is 1. The number of amides is 1. The zero-order chi connectivity index (χ0) is 13.7. The number of halogens is 1. The zero-order valence-electron chi connectivity index (χ0n) is 10.4. The number of nitrogens with one attached hydrogen (secondary N) is 2. The number of nitrogens with zero attached hydrogens (tertiary/aromatic N) is 1. The molecule has 0 atom stereocenters. The highest BCUT2D eigenvalue weighted by molar-refractivity contribution is 6.29. The van der Waals surface area contributed by atoms with Crippen LogP contribution in [-0.4, -0.2) is 17.4 Å². The van der Waals surface area contributed by atoms with Gasteiger partial charge in [-0.3, -0.25) is 4.79 Å². The lowest BCUT2D eigenvalue weighted by Gasteiger charge is -2.07. The van der Waals surface area contributed by atoms with Crippen LogP contribution in [0, 0.1) is 0 Å². The highest BCUT2D eigenvalue weighted by Gasteiger charge is 2.09. The number of hydrogen-bond acceptors (Lipinski definition) is 4. The summed E-state index contributed by atoms with van der Waals surface area (Å²) in [6.45, 7) is 2.99. The lowest BCUT2D eigenvalue weighted by atomic mass is 10.2. The van der Waals surface area contributed by atoms with Crippen molar-refractivity contribution >= 4 is 23.3 Å². The summed E-state index contributed by atoms with van der Waals surface area (Å²) in [4.78, 5) is 16.1. The maximum atomic E-state index is 12.0. The molecule has 0 saturated heterocycles. The average molecular weight is 280 g/mol. The van der Waals surface area contributed by atoms with E-state index in [0.29, 0.717) is 30.2 Å². The van der Waals surface area contributed by atoms with Crippen LogP contribution < -0.4 is 10.6 Å². The topological polar surface area (TPSA) is 67.2 Å². The van der Waals surface area contributed by atoms with E-state index in [0.717, 1.165) is 0 Å². The predicted octanol–water partition coefficient (Wildman–Crippen LogP) is 2.69. The first-order valence-corrected chi connectivity index (χ1v) is 6.29. The van der Waals surface area contributed by atoms with Crippen LogP contribution in [0.4, 0.5) is 5.82 Å². The molecule has 1 amide bonds.